The van der Waals surface area contributed by atoms with Gasteiger partial charge in [-0.05, 0) is 24.0 Å². The fourth-order valence-electron chi connectivity index (χ4n) is 2.81. The summed E-state index contributed by atoms with van der Waals surface area (Å²) >= 11 is 0. The highest BCUT2D eigenvalue weighted by Gasteiger charge is 2.37. The van der Waals surface area contributed by atoms with E-state index in [1.54, 1.807) is 0 Å². The van der Waals surface area contributed by atoms with Crippen LogP contribution in [-0.2, 0) is 6.42 Å². The van der Waals surface area contributed by atoms with Gasteiger partial charge in [0.15, 0.2) is 0 Å². The molecule has 0 amide bonds. The molecule has 1 saturated heterocycles. The summed E-state index contributed by atoms with van der Waals surface area (Å²) in [6.07, 6.45) is 1.91. The molecule has 2 aliphatic rings. The van der Waals surface area contributed by atoms with Crippen molar-refractivity contribution in [3.05, 3.63) is 35.4 Å². The first-order chi connectivity index (χ1) is 6.86. The van der Waals surface area contributed by atoms with Crippen LogP contribution in [0.25, 0.3) is 0 Å². The van der Waals surface area contributed by atoms with Crippen LogP contribution in [0.15, 0.2) is 24.3 Å². The Morgan fingerprint density at radius 3 is 3.00 bits per heavy atom. The molecule has 1 N–H and O–H groups in total. The van der Waals surface area contributed by atoms with Gasteiger partial charge in [0.25, 0.3) is 0 Å². The first-order valence-electron chi connectivity index (χ1n) is 5.36. The minimum absolute atomic E-state index is 0.156. The van der Waals surface area contributed by atoms with Gasteiger partial charge in [0.2, 0.25) is 0 Å². The molecule has 0 spiro atoms. The van der Waals surface area contributed by atoms with Crippen molar-refractivity contribution in [2.24, 2.45) is 0 Å². The smallest absolute Gasteiger partial charge is 0.0749 e. The van der Waals surface area contributed by atoms with Crippen molar-refractivity contribution in [2.45, 2.75) is 25.0 Å². The van der Waals surface area contributed by atoms with Crippen molar-refractivity contribution in [1.82, 2.24) is 4.90 Å². The summed E-state index contributed by atoms with van der Waals surface area (Å²) < 4.78 is 0. The second kappa shape index (κ2) is 3.07. The number of fused-ring (bicyclic) bond motifs is 3. The van der Waals surface area contributed by atoms with Crippen LogP contribution in [0.1, 0.15) is 23.6 Å². The maximum absolute atomic E-state index is 9.93. The Balaban J connectivity index is 2.07. The molecule has 0 saturated carbocycles. The van der Waals surface area contributed by atoms with E-state index in [0.29, 0.717) is 0 Å². The summed E-state index contributed by atoms with van der Waals surface area (Å²) in [6, 6.07) is 8.81. The van der Waals surface area contributed by atoms with Crippen molar-refractivity contribution < 1.29 is 5.11 Å². The highest BCUT2D eigenvalue weighted by Crippen LogP contribution is 2.37. The third-order valence-corrected chi connectivity index (χ3v) is 3.51. The van der Waals surface area contributed by atoms with Gasteiger partial charge in [-0.2, -0.15) is 0 Å². The van der Waals surface area contributed by atoms with E-state index >= 15 is 0 Å². The fraction of sp³-hybridized carbons (Fsp3) is 0.500. The fourth-order valence-corrected chi connectivity index (χ4v) is 2.81. The Morgan fingerprint density at radius 1 is 1.21 bits per heavy atom. The number of nitrogens with zero attached hydrogens (tertiary/aromatic N) is 1. The van der Waals surface area contributed by atoms with E-state index in [0.717, 1.165) is 25.9 Å². The molecule has 74 valence electrons. The highest BCUT2D eigenvalue weighted by atomic mass is 16.3. The molecule has 0 aromatic heterocycles. The second-order valence-corrected chi connectivity index (χ2v) is 4.29. The Bertz CT molecular complexity index is 350. The Morgan fingerprint density at radius 2 is 2.07 bits per heavy atom. The average Bonchev–Trinajstić information content (AvgIpc) is 2.61. The number of rotatable bonds is 0. The predicted octanol–water partition coefficient (Wildman–Crippen LogP) is 1.35. The minimum Gasteiger partial charge on any atom is -0.391 e. The topological polar surface area (TPSA) is 23.5 Å². The molecule has 1 fully saturated rings. The summed E-state index contributed by atoms with van der Waals surface area (Å²) in [6.45, 7) is 2.17. The van der Waals surface area contributed by atoms with Gasteiger partial charge in [0.05, 0.1) is 12.1 Å². The van der Waals surface area contributed by atoms with Crippen molar-refractivity contribution in [1.29, 1.82) is 0 Å². The van der Waals surface area contributed by atoms with Crippen molar-refractivity contribution in [3.63, 3.8) is 0 Å². The Kier molecular flexibility index (Phi) is 1.85. The summed E-state index contributed by atoms with van der Waals surface area (Å²) in [5, 5.41) is 9.93. The highest BCUT2D eigenvalue weighted by molar-refractivity contribution is 5.34. The molecule has 2 heteroatoms. The maximum atomic E-state index is 9.93. The number of aliphatic hydroxyl groups excluding tert-OH is 1. The molecule has 0 aliphatic carbocycles. The van der Waals surface area contributed by atoms with Crippen LogP contribution < -0.4 is 0 Å². The van der Waals surface area contributed by atoms with Gasteiger partial charge in [-0.15, -0.1) is 0 Å². The lowest BCUT2D eigenvalue weighted by Gasteiger charge is -2.32. The van der Waals surface area contributed by atoms with Crippen molar-refractivity contribution in [3.8, 4) is 0 Å². The molecule has 1 aromatic rings. The predicted molar refractivity (Wildman–Crippen MR) is 55.1 cm³/mol. The van der Waals surface area contributed by atoms with Crippen LogP contribution in [0, 0.1) is 0 Å². The largest absolute Gasteiger partial charge is 0.391 e. The van der Waals surface area contributed by atoms with Gasteiger partial charge in [0, 0.05) is 13.1 Å². The van der Waals surface area contributed by atoms with Gasteiger partial charge in [0.1, 0.15) is 0 Å². The lowest BCUT2D eigenvalue weighted by Crippen LogP contribution is -2.34. The van der Waals surface area contributed by atoms with E-state index in [4.69, 9.17) is 0 Å². The van der Waals surface area contributed by atoms with Gasteiger partial charge < -0.3 is 5.11 Å². The first-order valence-corrected chi connectivity index (χ1v) is 5.36. The Labute approximate surface area is 84.2 Å². The van der Waals surface area contributed by atoms with Crippen molar-refractivity contribution in [2.75, 3.05) is 13.1 Å². The SMILES string of the molecule is O[C@H]1CCN2CCc3ccccc3[C@H]12. The second-order valence-electron chi connectivity index (χ2n) is 4.29. The van der Waals surface area contributed by atoms with Gasteiger partial charge >= 0.3 is 0 Å². The molecule has 2 heterocycles. The zero-order valence-corrected chi connectivity index (χ0v) is 8.19. The lowest BCUT2D eigenvalue weighted by atomic mass is 9.92. The molecular formula is C12H15NO. The van der Waals surface area contributed by atoms with E-state index < -0.39 is 0 Å². The van der Waals surface area contributed by atoms with Crippen LogP contribution >= 0.6 is 0 Å². The van der Waals surface area contributed by atoms with E-state index in [9.17, 15) is 5.11 Å². The molecule has 0 bridgehead atoms. The van der Waals surface area contributed by atoms with Gasteiger partial charge in [-0.3, -0.25) is 4.90 Å². The zero-order chi connectivity index (χ0) is 9.54. The van der Waals surface area contributed by atoms with Crippen LogP contribution in [0.3, 0.4) is 0 Å². The molecular weight excluding hydrogens is 174 g/mol. The molecule has 14 heavy (non-hydrogen) atoms. The van der Waals surface area contributed by atoms with Gasteiger partial charge in [-0.25, -0.2) is 0 Å². The standard InChI is InChI=1S/C12H15NO/c14-11-6-8-13-7-5-9-3-1-2-4-10(9)12(11)13/h1-4,11-12,14H,5-8H2/t11-,12+/m0/s1. The Hall–Kier alpha value is -0.860. The van der Waals surface area contributed by atoms with E-state index in [1.165, 1.54) is 11.1 Å². The third kappa shape index (κ3) is 1.11. The normalized spacial score (nSPS) is 31.2. The molecule has 1 aromatic carbocycles. The number of hydrogen-bond acceptors (Lipinski definition) is 2. The molecule has 2 atom stereocenters. The molecule has 0 radical (unpaired) electrons. The van der Waals surface area contributed by atoms with Crippen LogP contribution in [0.5, 0.6) is 0 Å². The van der Waals surface area contributed by atoms with E-state index in [2.05, 4.69) is 29.2 Å². The molecule has 2 aliphatic heterocycles. The van der Waals surface area contributed by atoms with Gasteiger partial charge in [-0.1, -0.05) is 24.3 Å². The van der Waals surface area contributed by atoms with Crippen molar-refractivity contribution >= 4 is 0 Å². The van der Waals surface area contributed by atoms with E-state index in [1.807, 2.05) is 0 Å². The number of hydrogen-bond donors (Lipinski definition) is 1. The maximum Gasteiger partial charge on any atom is 0.0749 e. The van der Waals surface area contributed by atoms with Crippen LogP contribution in [-0.4, -0.2) is 29.2 Å². The molecule has 3 rings (SSSR count). The summed E-state index contributed by atoms with van der Waals surface area (Å²) in [5.41, 5.74) is 2.78. The molecule has 0 unspecified atom stereocenters. The average molecular weight is 189 g/mol. The summed E-state index contributed by atoms with van der Waals surface area (Å²) in [4.78, 5) is 2.41. The zero-order valence-electron chi connectivity index (χ0n) is 8.19. The van der Waals surface area contributed by atoms with Crippen LogP contribution in [0.2, 0.25) is 0 Å². The quantitative estimate of drug-likeness (QED) is 0.666. The summed E-state index contributed by atoms with van der Waals surface area (Å²) in [7, 11) is 0. The summed E-state index contributed by atoms with van der Waals surface area (Å²) in [5.74, 6) is 0. The molecule has 2 nitrogen and oxygen atoms in total. The minimum atomic E-state index is -0.156. The number of benzene rings is 1. The number of aliphatic hydroxyl groups is 1. The van der Waals surface area contributed by atoms with E-state index in [-0.39, 0.29) is 12.1 Å². The lowest BCUT2D eigenvalue weighted by molar-refractivity contribution is 0.110. The monoisotopic (exact) mass is 189 g/mol. The third-order valence-electron chi connectivity index (χ3n) is 3.51. The van der Waals surface area contributed by atoms with Crippen LogP contribution in [0.4, 0.5) is 0 Å². The first kappa shape index (κ1) is 8.45.